The van der Waals surface area contributed by atoms with Crippen LogP contribution in [0.1, 0.15) is 27.6 Å². The van der Waals surface area contributed by atoms with Crippen LogP contribution < -0.4 is 10.2 Å². The van der Waals surface area contributed by atoms with Crippen LogP contribution in [0, 0.1) is 6.92 Å². The molecular formula is C24H30N3OS+. The number of carbonyl (C=O) groups excluding carboxylic acids is 1. The van der Waals surface area contributed by atoms with Gasteiger partial charge in [-0.1, -0.05) is 48.0 Å². The smallest absolute Gasteiger partial charge is 0.277 e. The Morgan fingerprint density at radius 3 is 2.28 bits per heavy atom. The molecule has 3 rings (SSSR count). The average Bonchev–Trinajstić information content (AvgIpc) is 3.24. The summed E-state index contributed by atoms with van der Waals surface area (Å²) in [5.74, 6) is 0.135. The van der Waals surface area contributed by atoms with E-state index in [1.165, 1.54) is 16.0 Å². The molecule has 3 aromatic rings. The van der Waals surface area contributed by atoms with Crippen molar-refractivity contribution < 1.29 is 10.1 Å². The summed E-state index contributed by atoms with van der Waals surface area (Å²) >= 11 is 1.74. The predicted molar refractivity (Wildman–Crippen MR) is 121 cm³/mol. The maximum absolute atomic E-state index is 12.8. The molecule has 0 saturated heterocycles. The Labute approximate surface area is 177 Å². The molecule has 0 bridgehead atoms. The fourth-order valence-electron chi connectivity index (χ4n) is 3.29. The van der Waals surface area contributed by atoms with Gasteiger partial charge in [0.05, 0.1) is 4.88 Å². The monoisotopic (exact) mass is 408 g/mol. The number of rotatable bonds is 8. The van der Waals surface area contributed by atoms with Gasteiger partial charge in [-0.15, -0.1) is 11.3 Å². The minimum absolute atomic E-state index is 0.135. The van der Waals surface area contributed by atoms with Gasteiger partial charge in [-0.25, -0.2) is 0 Å². The van der Waals surface area contributed by atoms with Gasteiger partial charge in [0.15, 0.2) is 6.54 Å². The molecule has 1 aromatic heterocycles. The third-order valence-electron chi connectivity index (χ3n) is 5.11. The number of aryl methyl sites for hydroxylation is 1. The maximum atomic E-state index is 12.8. The van der Waals surface area contributed by atoms with Crippen LogP contribution in [-0.2, 0) is 11.3 Å². The van der Waals surface area contributed by atoms with Crippen LogP contribution in [0.3, 0.4) is 0 Å². The minimum Gasteiger partial charge on any atom is -0.378 e. The molecule has 1 atom stereocenters. The first-order valence-electron chi connectivity index (χ1n) is 9.87. The molecule has 0 unspecified atom stereocenters. The summed E-state index contributed by atoms with van der Waals surface area (Å²) in [5, 5.41) is 4.24. The average molecular weight is 409 g/mol. The second kappa shape index (κ2) is 9.72. The lowest BCUT2D eigenvalue weighted by atomic mass is 10.0. The molecule has 1 amide bonds. The molecule has 4 nitrogen and oxygen atoms in total. The van der Waals surface area contributed by atoms with Crippen LogP contribution in [0.15, 0.2) is 66.0 Å². The molecule has 0 saturated carbocycles. The number of quaternary nitrogens is 1. The van der Waals surface area contributed by atoms with E-state index in [1.54, 1.807) is 11.3 Å². The largest absolute Gasteiger partial charge is 0.378 e. The fraction of sp³-hybridized carbons (Fsp3) is 0.292. The van der Waals surface area contributed by atoms with Crippen molar-refractivity contribution in [1.82, 2.24) is 4.90 Å². The number of hydrogen-bond acceptors (Lipinski definition) is 3. The van der Waals surface area contributed by atoms with Crippen molar-refractivity contribution in [1.29, 1.82) is 0 Å². The van der Waals surface area contributed by atoms with Crippen molar-refractivity contribution >= 4 is 22.9 Å². The molecular weight excluding hydrogens is 378 g/mol. The summed E-state index contributed by atoms with van der Waals surface area (Å²) in [7, 11) is 5.93. The van der Waals surface area contributed by atoms with E-state index < -0.39 is 0 Å². The molecule has 2 N–H and O–H groups in total. The second-order valence-corrected chi connectivity index (χ2v) is 8.63. The second-order valence-electron chi connectivity index (χ2n) is 7.65. The zero-order chi connectivity index (χ0) is 20.8. The molecule has 0 aliphatic rings. The Morgan fingerprint density at radius 2 is 1.69 bits per heavy atom. The highest BCUT2D eigenvalue weighted by molar-refractivity contribution is 7.10. The highest BCUT2D eigenvalue weighted by atomic mass is 32.1. The van der Waals surface area contributed by atoms with Crippen LogP contribution in [-0.4, -0.2) is 38.5 Å². The topological polar surface area (TPSA) is 40.2 Å². The summed E-state index contributed by atoms with van der Waals surface area (Å²) in [6, 6.07) is 21.3. The van der Waals surface area contributed by atoms with Crippen molar-refractivity contribution in [3.05, 3.63) is 87.6 Å². The zero-order valence-corrected chi connectivity index (χ0v) is 18.4. The first-order chi connectivity index (χ1) is 13.9. The van der Waals surface area contributed by atoms with Crippen LogP contribution in [0.25, 0.3) is 0 Å². The number of anilines is 1. The summed E-state index contributed by atoms with van der Waals surface area (Å²) in [6.45, 7) is 3.13. The van der Waals surface area contributed by atoms with Gasteiger partial charge >= 0.3 is 0 Å². The molecule has 5 heteroatoms. The lowest BCUT2D eigenvalue weighted by Crippen LogP contribution is -2.87. The van der Waals surface area contributed by atoms with Crippen LogP contribution in [0.5, 0.6) is 0 Å². The zero-order valence-electron chi connectivity index (χ0n) is 17.6. The number of thiophene rings is 1. The van der Waals surface area contributed by atoms with Gasteiger partial charge < -0.3 is 15.1 Å². The quantitative estimate of drug-likeness (QED) is 0.620. The molecule has 0 aliphatic carbocycles. The number of likely N-dealkylation sites (N-methyl/N-ethyl adjacent to an activating group) is 1. The van der Waals surface area contributed by atoms with Gasteiger partial charge in [-0.05, 0) is 36.1 Å². The highest BCUT2D eigenvalue weighted by Gasteiger charge is 2.21. The van der Waals surface area contributed by atoms with Gasteiger partial charge in [0.25, 0.3) is 5.91 Å². The summed E-state index contributed by atoms with van der Waals surface area (Å²) in [4.78, 5) is 17.9. The Hall–Kier alpha value is -2.63. The molecule has 0 fully saturated rings. The Balaban J connectivity index is 1.62. The Morgan fingerprint density at radius 1 is 1.00 bits per heavy atom. The lowest BCUT2D eigenvalue weighted by Gasteiger charge is -2.20. The van der Waals surface area contributed by atoms with Gasteiger partial charge in [-0.3, -0.25) is 4.79 Å². The lowest BCUT2D eigenvalue weighted by molar-refractivity contribution is -0.676. The number of carbonyl (C=O) groups is 1. The molecule has 29 heavy (non-hydrogen) atoms. The van der Waals surface area contributed by atoms with Crippen LogP contribution >= 0.6 is 11.3 Å². The van der Waals surface area contributed by atoms with E-state index in [-0.39, 0.29) is 11.9 Å². The number of nitrogens with zero attached hydrogens (tertiary/aromatic N) is 2. The molecule has 0 aliphatic heterocycles. The van der Waals surface area contributed by atoms with E-state index >= 15 is 0 Å². The van der Waals surface area contributed by atoms with E-state index in [9.17, 15) is 4.79 Å². The third-order valence-corrected chi connectivity index (χ3v) is 6.07. The first-order valence-corrected chi connectivity index (χ1v) is 10.8. The van der Waals surface area contributed by atoms with Crippen molar-refractivity contribution in [2.24, 2.45) is 0 Å². The molecule has 152 valence electrons. The Kier molecular flexibility index (Phi) is 7.07. The van der Waals surface area contributed by atoms with Gasteiger partial charge in [0.1, 0.15) is 6.04 Å². The van der Waals surface area contributed by atoms with Gasteiger partial charge in [0.2, 0.25) is 0 Å². The van der Waals surface area contributed by atoms with E-state index in [2.05, 4.69) is 83.2 Å². The SMILES string of the molecule is Cc1ccc([C@@H]([NH2+]CC(=O)N(C)Cc2ccc(N(C)C)cc2)c2cccs2)cc1. The van der Waals surface area contributed by atoms with E-state index in [1.807, 2.05) is 26.0 Å². The van der Waals surface area contributed by atoms with Gasteiger partial charge in [-0.2, -0.15) is 0 Å². The number of hydrogen-bond donors (Lipinski definition) is 1. The van der Waals surface area contributed by atoms with E-state index in [4.69, 9.17) is 0 Å². The highest BCUT2D eigenvalue weighted by Crippen LogP contribution is 2.23. The molecule has 0 radical (unpaired) electrons. The van der Waals surface area contributed by atoms with E-state index in [0.29, 0.717) is 13.1 Å². The van der Waals surface area contributed by atoms with Crippen molar-refractivity contribution in [3.63, 3.8) is 0 Å². The number of benzene rings is 2. The summed E-state index contributed by atoms with van der Waals surface area (Å²) < 4.78 is 0. The fourth-order valence-corrected chi connectivity index (χ4v) is 4.14. The first kappa shape index (κ1) is 21.1. The van der Waals surface area contributed by atoms with E-state index in [0.717, 1.165) is 11.3 Å². The molecule has 1 heterocycles. The van der Waals surface area contributed by atoms with Crippen molar-refractivity contribution in [3.8, 4) is 0 Å². The normalized spacial score (nSPS) is 11.9. The maximum Gasteiger partial charge on any atom is 0.277 e. The standard InChI is InChI=1S/C24H29N3OS/c1-18-7-11-20(12-8-18)24(22-6-5-15-29-22)25-16-23(28)27(4)17-19-9-13-21(14-10-19)26(2)3/h5-15,24-25H,16-17H2,1-4H3/p+1/t24-/m1/s1. The number of nitrogens with two attached hydrogens (primary N) is 1. The van der Waals surface area contributed by atoms with Crippen LogP contribution in [0.4, 0.5) is 5.69 Å². The molecule has 0 spiro atoms. The van der Waals surface area contributed by atoms with Crippen molar-refractivity contribution in [2.75, 3.05) is 32.6 Å². The van der Waals surface area contributed by atoms with Gasteiger partial charge in [0, 0.05) is 38.9 Å². The third kappa shape index (κ3) is 5.68. The summed E-state index contributed by atoms with van der Waals surface area (Å²) in [6.07, 6.45) is 0. The summed E-state index contributed by atoms with van der Waals surface area (Å²) in [5.41, 5.74) is 4.77. The molecule has 2 aromatic carbocycles. The minimum atomic E-state index is 0.135. The number of amides is 1. The Bertz CT molecular complexity index is 902. The van der Waals surface area contributed by atoms with Crippen LogP contribution in [0.2, 0.25) is 0 Å². The van der Waals surface area contributed by atoms with Crippen molar-refractivity contribution in [2.45, 2.75) is 19.5 Å². The predicted octanol–water partition coefficient (Wildman–Crippen LogP) is 3.43.